The van der Waals surface area contributed by atoms with Crippen LogP contribution < -0.4 is 5.32 Å². The zero-order chi connectivity index (χ0) is 17.9. The largest absolute Gasteiger partial charge is 0.394 e. The van der Waals surface area contributed by atoms with E-state index in [2.05, 4.69) is 11.9 Å². The molecule has 0 aromatic carbocycles. The number of aliphatic hydroxyl groups is 3. The number of amides is 1. The van der Waals surface area contributed by atoms with E-state index in [0.717, 1.165) is 19.3 Å². The SMILES string of the molecule is C=CCOCCCCCO[C@H]1O[C@H](CO)[C@@H](O)[C@H](O)[C@@H]1NC(C)=O. The zero-order valence-electron chi connectivity index (χ0n) is 14.1. The highest BCUT2D eigenvalue weighted by Gasteiger charge is 2.45. The number of hydrogen-bond acceptors (Lipinski definition) is 7. The molecule has 1 heterocycles. The molecule has 0 unspecified atom stereocenters. The van der Waals surface area contributed by atoms with Gasteiger partial charge in [0.05, 0.1) is 13.2 Å². The van der Waals surface area contributed by atoms with Crippen molar-refractivity contribution in [1.82, 2.24) is 5.32 Å². The van der Waals surface area contributed by atoms with Crippen molar-refractivity contribution in [3.63, 3.8) is 0 Å². The van der Waals surface area contributed by atoms with Crippen LogP contribution in [0.4, 0.5) is 0 Å². The molecule has 140 valence electrons. The molecule has 1 aliphatic heterocycles. The maximum absolute atomic E-state index is 11.3. The molecule has 0 saturated carbocycles. The molecule has 0 aliphatic carbocycles. The summed E-state index contributed by atoms with van der Waals surface area (Å²) in [5, 5.41) is 31.7. The first kappa shape index (κ1) is 21.0. The molecular formula is C16H29NO7. The Bertz CT molecular complexity index is 379. The van der Waals surface area contributed by atoms with E-state index in [1.165, 1.54) is 6.92 Å². The minimum atomic E-state index is -1.30. The van der Waals surface area contributed by atoms with Crippen LogP contribution in [0.2, 0.25) is 0 Å². The number of rotatable bonds is 11. The van der Waals surface area contributed by atoms with Gasteiger partial charge in [0.15, 0.2) is 6.29 Å². The van der Waals surface area contributed by atoms with E-state index in [9.17, 15) is 20.1 Å². The van der Waals surface area contributed by atoms with Crippen molar-refractivity contribution < 1.29 is 34.3 Å². The van der Waals surface area contributed by atoms with E-state index < -0.39 is 37.3 Å². The molecule has 1 amide bonds. The van der Waals surface area contributed by atoms with Gasteiger partial charge < -0.3 is 34.8 Å². The summed E-state index contributed by atoms with van der Waals surface area (Å²) in [6.07, 6.45) is -0.230. The summed E-state index contributed by atoms with van der Waals surface area (Å²) in [6, 6.07) is -0.892. The van der Waals surface area contributed by atoms with Crippen LogP contribution in [0, 0.1) is 0 Å². The summed E-state index contributed by atoms with van der Waals surface area (Å²) in [6.45, 7) is 5.97. The first-order chi connectivity index (χ1) is 11.5. The quantitative estimate of drug-likeness (QED) is 0.289. The summed E-state index contributed by atoms with van der Waals surface area (Å²) in [5.41, 5.74) is 0. The summed E-state index contributed by atoms with van der Waals surface area (Å²) >= 11 is 0. The van der Waals surface area contributed by atoms with Gasteiger partial charge in [0.1, 0.15) is 24.4 Å². The third-order valence-corrected chi connectivity index (χ3v) is 3.70. The molecule has 8 nitrogen and oxygen atoms in total. The lowest BCUT2D eigenvalue weighted by atomic mass is 9.97. The molecule has 1 rings (SSSR count). The Morgan fingerprint density at radius 1 is 1.25 bits per heavy atom. The topological polar surface area (TPSA) is 117 Å². The number of ether oxygens (including phenoxy) is 3. The van der Waals surface area contributed by atoms with Gasteiger partial charge in [-0.3, -0.25) is 4.79 Å². The van der Waals surface area contributed by atoms with Crippen LogP contribution in [0.3, 0.4) is 0 Å². The maximum Gasteiger partial charge on any atom is 0.217 e. The summed E-state index contributed by atoms with van der Waals surface area (Å²) in [5.74, 6) is -0.370. The van der Waals surface area contributed by atoms with Crippen LogP contribution in [0.5, 0.6) is 0 Å². The highest BCUT2D eigenvalue weighted by atomic mass is 16.7. The Hall–Kier alpha value is -1.03. The van der Waals surface area contributed by atoms with Crippen molar-refractivity contribution in [3.8, 4) is 0 Å². The number of carbonyl (C=O) groups excluding carboxylic acids is 1. The third-order valence-electron chi connectivity index (χ3n) is 3.70. The lowest BCUT2D eigenvalue weighted by Crippen LogP contribution is -2.64. The molecule has 8 heteroatoms. The van der Waals surface area contributed by atoms with E-state index >= 15 is 0 Å². The van der Waals surface area contributed by atoms with Gasteiger partial charge in [-0.25, -0.2) is 0 Å². The lowest BCUT2D eigenvalue weighted by Gasteiger charge is -2.42. The number of nitrogens with one attached hydrogen (secondary N) is 1. The van der Waals surface area contributed by atoms with E-state index in [1.54, 1.807) is 6.08 Å². The van der Waals surface area contributed by atoms with E-state index in [0.29, 0.717) is 19.8 Å². The fourth-order valence-electron chi connectivity index (χ4n) is 2.46. The van der Waals surface area contributed by atoms with Crippen LogP contribution in [-0.4, -0.2) is 78.3 Å². The average Bonchev–Trinajstić information content (AvgIpc) is 2.55. The Labute approximate surface area is 142 Å². The van der Waals surface area contributed by atoms with Crippen molar-refractivity contribution in [2.45, 2.75) is 56.8 Å². The average molecular weight is 347 g/mol. The molecule has 0 bridgehead atoms. The normalized spacial score (nSPS) is 30.1. The highest BCUT2D eigenvalue weighted by Crippen LogP contribution is 2.22. The van der Waals surface area contributed by atoms with Crippen LogP contribution in [-0.2, 0) is 19.0 Å². The zero-order valence-corrected chi connectivity index (χ0v) is 14.1. The molecule has 0 radical (unpaired) electrons. The van der Waals surface area contributed by atoms with Gasteiger partial charge in [0.2, 0.25) is 5.91 Å². The molecule has 1 aliphatic rings. The Morgan fingerprint density at radius 3 is 2.58 bits per heavy atom. The van der Waals surface area contributed by atoms with Gasteiger partial charge in [0.25, 0.3) is 0 Å². The van der Waals surface area contributed by atoms with Crippen molar-refractivity contribution in [3.05, 3.63) is 12.7 Å². The molecule has 24 heavy (non-hydrogen) atoms. The van der Waals surface area contributed by atoms with Crippen LogP contribution in [0.15, 0.2) is 12.7 Å². The number of carbonyl (C=O) groups is 1. The van der Waals surface area contributed by atoms with E-state index in [1.807, 2.05) is 0 Å². The molecule has 5 atom stereocenters. The third kappa shape index (κ3) is 6.84. The number of hydrogen-bond donors (Lipinski definition) is 4. The monoisotopic (exact) mass is 347 g/mol. The van der Waals surface area contributed by atoms with Crippen molar-refractivity contribution in [2.75, 3.05) is 26.4 Å². The minimum absolute atomic E-state index is 0.364. The van der Waals surface area contributed by atoms with Crippen LogP contribution in [0.25, 0.3) is 0 Å². The molecule has 0 spiro atoms. The van der Waals surface area contributed by atoms with Crippen molar-refractivity contribution in [2.24, 2.45) is 0 Å². The van der Waals surface area contributed by atoms with Crippen LogP contribution >= 0.6 is 0 Å². The number of unbranched alkanes of at least 4 members (excludes halogenated alkanes) is 2. The number of aliphatic hydroxyl groups excluding tert-OH is 3. The standard InChI is InChI=1S/C16H29NO7/c1-3-7-22-8-5-4-6-9-23-16-13(17-11(2)19)15(21)14(20)12(10-18)24-16/h3,12-16,18,20-21H,1,4-10H2,2H3,(H,17,19)/t12-,13+,14-,15-,16+/m1/s1. The Balaban J connectivity index is 2.40. The van der Waals surface area contributed by atoms with Gasteiger partial charge in [-0.2, -0.15) is 0 Å². The summed E-state index contributed by atoms with van der Waals surface area (Å²) < 4.78 is 16.3. The van der Waals surface area contributed by atoms with Crippen LogP contribution in [0.1, 0.15) is 26.2 Å². The van der Waals surface area contributed by atoms with Crippen molar-refractivity contribution >= 4 is 5.91 Å². The highest BCUT2D eigenvalue weighted by molar-refractivity contribution is 5.73. The molecule has 1 saturated heterocycles. The maximum atomic E-state index is 11.3. The molecular weight excluding hydrogens is 318 g/mol. The van der Waals surface area contributed by atoms with E-state index in [4.69, 9.17) is 14.2 Å². The Kier molecular flexibility index (Phi) is 10.1. The lowest BCUT2D eigenvalue weighted by molar-refractivity contribution is -0.270. The Morgan fingerprint density at radius 2 is 1.96 bits per heavy atom. The van der Waals surface area contributed by atoms with Crippen molar-refractivity contribution in [1.29, 1.82) is 0 Å². The molecule has 0 aromatic heterocycles. The summed E-state index contributed by atoms with van der Waals surface area (Å²) in [4.78, 5) is 11.3. The summed E-state index contributed by atoms with van der Waals surface area (Å²) in [7, 11) is 0. The molecule has 1 fully saturated rings. The predicted molar refractivity (Wildman–Crippen MR) is 86.2 cm³/mol. The molecule has 4 N–H and O–H groups in total. The van der Waals surface area contributed by atoms with Gasteiger partial charge in [0, 0.05) is 20.1 Å². The molecule has 0 aromatic rings. The first-order valence-corrected chi connectivity index (χ1v) is 8.21. The van der Waals surface area contributed by atoms with Gasteiger partial charge in [-0.15, -0.1) is 6.58 Å². The minimum Gasteiger partial charge on any atom is -0.394 e. The van der Waals surface area contributed by atoms with Gasteiger partial charge in [-0.1, -0.05) is 6.08 Å². The van der Waals surface area contributed by atoms with Gasteiger partial charge in [-0.05, 0) is 19.3 Å². The second-order valence-electron chi connectivity index (χ2n) is 5.73. The fourth-order valence-corrected chi connectivity index (χ4v) is 2.46. The second kappa shape index (κ2) is 11.5. The smallest absolute Gasteiger partial charge is 0.217 e. The van der Waals surface area contributed by atoms with Gasteiger partial charge >= 0.3 is 0 Å². The van der Waals surface area contributed by atoms with E-state index in [-0.39, 0.29) is 5.91 Å². The second-order valence-corrected chi connectivity index (χ2v) is 5.73. The fraction of sp³-hybridized carbons (Fsp3) is 0.812. The predicted octanol–water partition coefficient (Wildman–Crippen LogP) is -0.680. The first-order valence-electron chi connectivity index (χ1n) is 8.21.